The van der Waals surface area contributed by atoms with E-state index >= 15 is 0 Å². The van der Waals surface area contributed by atoms with Gasteiger partial charge in [0.1, 0.15) is 0 Å². The van der Waals surface area contributed by atoms with E-state index in [2.05, 4.69) is 46.4 Å². The number of hydrogen-bond donors (Lipinski definition) is 0. The van der Waals surface area contributed by atoms with E-state index in [4.69, 9.17) is 0 Å². The Morgan fingerprint density at radius 3 is 1.77 bits per heavy atom. The normalized spacial score (nSPS) is 23.5. The van der Waals surface area contributed by atoms with Gasteiger partial charge in [0.05, 0.1) is 0 Å². The highest BCUT2D eigenvalue weighted by atomic mass is 32.2. The van der Waals surface area contributed by atoms with Crippen LogP contribution in [0.4, 0.5) is 0 Å². The van der Waals surface area contributed by atoms with Crippen LogP contribution in [0.3, 0.4) is 0 Å². The molecule has 1 rings (SSSR count). The van der Waals surface area contributed by atoms with Crippen molar-refractivity contribution < 1.29 is 0 Å². The smallest absolute Gasteiger partial charge is 0.00619 e. The minimum absolute atomic E-state index is 0.474. The van der Waals surface area contributed by atoms with Crippen LogP contribution in [-0.4, -0.2) is 11.5 Å². The molecule has 0 spiro atoms. The molecule has 0 saturated carbocycles. The van der Waals surface area contributed by atoms with Gasteiger partial charge in [-0.2, -0.15) is 11.8 Å². The highest BCUT2D eigenvalue weighted by Gasteiger charge is 2.44. The second-order valence-electron chi connectivity index (χ2n) is 5.67. The van der Waals surface area contributed by atoms with Crippen molar-refractivity contribution in [1.29, 1.82) is 0 Å². The highest BCUT2D eigenvalue weighted by Crippen LogP contribution is 2.53. The third-order valence-corrected chi connectivity index (χ3v) is 4.97. The molecule has 1 heteroatoms. The van der Waals surface area contributed by atoms with Gasteiger partial charge in [-0.15, -0.1) is 0 Å². The monoisotopic (exact) mass is 200 g/mol. The summed E-state index contributed by atoms with van der Waals surface area (Å²) in [5, 5.41) is 0. The van der Waals surface area contributed by atoms with Gasteiger partial charge in [-0.25, -0.2) is 0 Å². The summed E-state index contributed by atoms with van der Waals surface area (Å²) in [6.07, 6.45) is 2.83. The number of rotatable bonds is 1. The molecule has 1 saturated heterocycles. The van der Waals surface area contributed by atoms with Gasteiger partial charge < -0.3 is 0 Å². The average molecular weight is 200 g/mol. The standard InChI is InChI=1S/C12H24S/c1-10(2)12(11(3,4)5)6-8-13-9-7-12/h10H,6-9H2,1-5H3. The van der Waals surface area contributed by atoms with Crippen LogP contribution < -0.4 is 0 Å². The van der Waals surface area contributed by atoms with Crippen molar-refractivity contribution in [3.05, 3.63) is 0 Å². The lowest BCUT2D eigenvalue weighted by Gasteiger charge is -2.50. The Hall–Kier alpha value is 0.350. The molecule has 0 aliphatic carbocycles. The van der Waals surface area contributed by atoms with Crippen LogP contribution in [0.5, 0.6) is 0 Å². The lowest BCUT2D eigenvalue weighted by molar-refractivity contribution is 0.0210. The zero-order valence-electron chi connectivity index (χ0n) is 9.81. The molecule has 13 heavy (non-hydrogen) atoms. The van der Waals surface area contributed by atoms with E-state index in [1.165, 1.54) is 24.3 Å². The Kier molecular flexibility index (Phi) is 3.38. The van der Waals surface area contributed by atoms with Gasteiger partial charge >= 0.3 is 0 Å². The summed E-state index contributed by atoms with van der Waals surface area (Å²) in [5.74, 6) is 3.57. The summed E-state index contributed by atoms with van der Waals surface area (Å²) in [5.41, 5.74) is 1.07. The van der Waals surface area contributed by atoms with E-state index in [1.807, 2.05) is 0 Å². The molecular formula is C12H24S. The quantitative estimate of drug-likeness (QED) is 0.611. The minimum atomic E-state index is 0.474. The lowest BCUT2D eigenvalue weighted by Crippen LogP contribution is -2.43. The average Bonchev–Trinajstić information content (AvgIpc) is 2.03. The fourth-order valence-electron chi connectivity index (χ4n) is 2.93. The van der Waals surface area contributed by atoms with Gasteiger partial charge in [0.2, 0.25) is 0 Å². The molecule has 1 aliphatic rings. The predicted molar refractivity (Wildman–Crippen MR) is 63.3 cm³/mol. The SMILES string of the molecule is CC(C)C1(C(C)(C)C)CCSCC1. The number of hydrogen-bond acceptors (Lipinski definition) is 1. The van der Waals surface area contributed by atoms with Gasteiger partial charge in [-0.05, 0) is 41.1 Å². The van der Waals surface area contributed by atoms with E-state index in [9.17, 15) is 0 Å². The minimum Gasteiger partial charge on any atom is -0.162 e. The number of thioether (sulfide) groups is 1. The summed E-state index contributed by atoms with van der Waals surface area (Å²) >= 11 is 2.13. The van der Waals surface area contributed by atoms with Crippen molar-refractivity contribution in [2.45, 2.75) is 47.5 Å². The Morgan fingerprint density at radius 2 is 1.54 bits per heavy atom. The van der Waals surface area contributed by atoms with Crippen molar-refractivity contribution >= 4 is 11.8 Å². The van der Waals surface area contributed by atoms with Gasteiger partial charge in [0.15, 0.2) is 0 Å². The largest absolute Gasteiger partial charge is 0.162 e. The Balaban J connectivity index is 2.86. The summed E-state index contributed by atoms with van der Waals surface area (Å²) in [7, 11) is 0. The molecule has 0 radical (unpaired) electrons. The van der Waals surface area contributed by atoms with Crippen molar-refractivity contribution in [1.82, 2.24) is 0 Å². The predicted octanol–water partition coefficient (Wildman–Crippen LogP) is 4.20. The zero-order valence-corrected chi connectivity index (χ0v) is 10.6. The van der Waals surface area contributed by atoms with Gasteiger partial charge in [-0.3, -0.25) is 0 Å². The topological polar surface area (TPSA) is 0 Å². The van der Waals surface area contributed by atoms with Gasteiger partial charge in [0.25, 0.3) is 0 Å². The zero-order chi connectivity index (χ0) is 10.1. The molecule has 0 bridgehead atoms. The first-order valence-corrected chi connectivity index (χ1v) is 6.63. The summed E-state index contributed by atoms with van der Waals surface area (Å²) in [4.78, 5) is 0. The molecule has 1 heterocycles. The van der Waals surface area contributed by atoms with Crippen molar-refractivity contribution in [2.75, 3.05) is 11.5 Å². The molecule has 78 valence electrons. The van der Waals surface area contributed by atoms with Crippen LogP contribution in [0, 0.1) is 16.7 Å². The first-order valence-electron chi connectivity index (χ1n) is 5.48. The van der Waals surface area contributed by atoms with Gasteiger partial charge in [-0.1, -0.05) is 34.6 Å². The van der Waals surface area contributed by atoms with Crippen LogP contribution in [0.15, 0.2) is 0 Å². The molecule has 1 aliphatic heterocycles. The molecular weight excluding hydrogens is 176 g/mol. The van der Waals surface area contributed by atoms with E-state index in [1.54, 1.807) is 0 Å². The molecule has 0 amide bonds. The maximum atomic E-state index is 2.42. The molecule has 0 atom stereocenters. The van der Waals surface area contributed by atoms with E-state index in [-0.39, 0.29) is 0 Å². The first kappa shape index (κ1) is 11.4. The second kappa shape index (κ2) is 3.84. The highest BCUT2D eigenvalue weighted by molar-refractivity contribution is 7.99. The first-order chi connectivity index (χ1) is 5.90. The van der Waals surface area contributed by atoms with Crippen LogP contribution in [-0.2, 0) is 0 Å². The second-order valence-corrected chi connectivity index (χ2v) is 6.90. The van der Waals surface area contributed by atoms with E-state index < -0.39 is 0 Å². The summed E-state index contributed by atoms with van der Waals surface area (Å²) < 4.78 is 0. The summed E-state index contributed by atoms with van der Waals surface area (Å²) in [6.45, 7) is 12.1. The molecule has 0 N–H and O–H groups in total. The molecule has 0 unspecified atom stereocenters. The summed E-state index contributed by atoms with van der Waals surface area (Å²) in [6, 6.07) is 0. The Bertz CT molecular complexity index is 158. The maximum absolute atomic E-state index is 2.42. The van der Waals surface area contributed by atoms with Crippen LogP contribution in [0.1, 0.15) is 47.5 Å². The molecule has 1 fully saturated rings. The third-order valence-electron chi connectivity index (χ3n) is 3.98. The fraction of sp³-hybridized carbons (Fsp3) is 1.00. The van der Waals surface area contributed by atoms with E-state index in [0.29, 0.717) is 10.8 Å². The Labute approximate surface area is 87.9 Å². The maximum Gasteiger partial charge on any atom is -0.00619 e. The van der Waals surface area contributed by atoms with Crippen molar-refractivity contribution in [3.8, 4) is 0 Å². The molecule has 0 aromatic rings. The Morgan fingerprint density at radius 1 is 1.08 bits per heavy atom. The van der Waals surface area contributed by atoms with Crippen LogP contribution in [0.2, 0.25) is 0 Å². The fourth-order valence-corrected chi connectivity index (χ4v) is 4.15. The van der Waals surface area contributed by atoms with Crippen LogP contribution >= 0.6 is 11.8 Å². The lowest BCUT2D eigenvalue weighted by atomic mass is 9.57. The molecule has 0 nitrogen and oxygen atoms in total. The van der Waals surface area contributed by atoms with Crippen molar-refractivity contribution in [3.63, 3.8) is 0 Å². The van der Waals surface area contributed by atoms with Gasteiger partial charge in [0, 0.05) is 0 Å². The van der Waals surface area contributed by atoms with E-state index in [0.717, 1.165) is 5.92 Å². The third kappa shape index (κ3) is 2.06. The van der Waals surface area contributed by atoms with Crippen LogP contribution in [0.25, 0.3) is 0 Å². The van der Waals surface area contributed by atoms with Crippen molar-refractivity contribution in [2.24, 2.45) is 16.7 Å². The molecule has 0 aromatic carbocycles. The molecule has 0 aromatic heterocycles.